The molecule has 1 aromatic rings. The maximum Gasteiger partial charge on any atom is 0.00206 e. The first-order valence-electron chi connectivity index (χ1n) is 7.24. The highest BCUT2D eigenvalue weighted by Crippen LogP contribution is 2.34. The molecular formula is C16H23N. The SMILES string of the molecule is c1cc(C2CCCCC2)cc(C2CCNC2)c1. The predicted molar refractivity (Wildman–Crippen MR) is 72.5 cm³/mol. The largest absolute Gasteiger partial charge is 0.316 e. The van der Waals surface area contributed by atoms with Gasteiger partial charge in [0, 0.05) is 6.54 Å². The average Bonchev–Trinajstić information content (AvgIpc) is 2.94. The highest BCUT2D eigenvalue weighted by molar-refractivity contribution is 5.30. The maximum absolute atomic E-state index is 3.47. The summed E-state index contributed by atoms with van der Waals surface area (Å²) in [7, 11) is 0. The molecule has 1 saturated heterocycles. The van der Waals surface area contributed by atoms with Crippen LogP contribution in [0.2, 0.25) is 0 Å². The summed E-state index contributed by atoms with van der Waals surface area (Å²) in [5, 5.41) is 3.47. The fraction of sp³-hybridized carbons (Fsp3) is 0.625. The van der Waals surface area contributed by atoms with Crippen LogP contribution in [-0.4, -0.2) is 13.1 Å². The summed E-state index contributed by atoms with van der Waals surface area (Å²) >= 11 is 0. The van der Waals surface area contributed by atoms with Crippen LogP contribution in [-0.2, 0) is 0 Å². The molecule has 1 aliphatic heterocycles. The van der Waals surface area contributed by atoms with Crippen LogP contribution < -0.4 is 5.32 Å². The zero-order valence-electron chi connectivity index (χ0n) is 10.6. The van der Waals surface area contributed by atoms with Gasteiger partial charge in [-0.3, -0.25) is 0 Å². The number of benzene rings is 1. The van der Waals surface area contributed by atoms with Gasteiger partial charge in [0.15, 0.2) is 0 Å². The average molecular weight is 229 g/mol. The summed E-state index contributed by atoms with van der Waals surface area (Å²) < 4.78 is 0. The van der Waals surface area contributed by atoms with E-state index in [0.29, 0.717) is 0 Å². The van der Waals surface area contributed by atoms with Crippen LogP contribution in [0.5, 0.6) is 0 Å². The molecule has 0 spiro atoms. The van der Waals surface area contributed by atoms with Gasteiger partial charge in [0.25, 0.3) is 0 Å². The molecule has 1 nitrogen and oxygen atoms in total. The summed E-state index contributed by atoms with van der Waals surface area (Å²) in [5.74, 6) is 1.61. The highest BCUT2D eigenvalue weighted by Gasteiger charge is 2.19. The topological polar surface area (TPSA) is 12.0 Å². The van der Waals surface area contributed by atoms with Crippen molar-refractivity contribution >= 4 is 0 Å². The van der Waals surface area contributed by atoms with Gasteiger partial charge < -0.3 is 5.32 Å². The summed E-state index contributed by atoms with van der Waals surface area (Å²) in [6.45, 7) is 2.37. The van der Waals surface area contributed by atoms with E-state index >= 15 is 0 Å². The van der Waals surface area contributed by atoms with Gasteiger partial charge in [-0.1, -0.05) is 43.5 Å². The second kappa shape index (κ2) is 5.22. The summed E-state index contributed by atoms with van der Waals surface area (Å²) in [4.78, 5) is 0. The highest BCUT2D eigenvalue weighted by atomic mass is 14.9. The Labute approximate surface area is 105 Å². The molecular weight excluding hydrogens is 206 g/mol. The van der Waals surface area contributed by atoms with E-state index in [9.17, 15) is 0 Å². The van der Waals surface area contributed by atoms with Crippen molar-refractivity contribution < 1.29 is 0 Å². The quantitative estimate of drug-likeness (QED) is 0.813. The summed E-state index contributed by atoms with van der Waals surface area (Å²) in [6, 6.07) is 9.44. The zero-order chi connectivity index (χ0) is 11.5. The standard InChI is InChI=1S/C16H23N/c1-2-5-13(6-3-1)14-7-4-8-15(11-14)16-9-10-17-12-16/h4,7-8,11,13,16-17H,1-3,5-6,9-10,12H2. The van der Waals surface area contributed by atoms with Crippen LogP contribution in [0, 0.1) is 0 Å². The summed E-state index contributed by atoms with van der Waals surface area (Å²) in [6.07, 6.45) is 8.44. The second-order valence-corrected chi connectivity index (χ2v) is 5.69. The third-order valence-corrected chi connectivity index (χ3v) is 4.52. The number of hydrogen-bond acceptors (Lipinski definition) is 1. The van der Waals surface area contributed by atoms with Crippen molar-refractivity contribution in [2.45, 2.75) is 50.4 Å². The van der Waals surface area contributed by atoms with Crippen LogP contribution in [0.4, 0.5) is 0 Å². The van der Waals surface area contributed by atoms with Crippen LogP contribution in [0.1, 0.15) is 61.5 Å². The molecule has 2 aliphatic rings. The Morgan fingerprint density at radius 1 is 0.882 bits per heavy atom. The monoisotopic (exact) mass is 229 g/mol. The molecule has 1 N–H and O–H groups in total. The Balaban J connectivity index is 1.77. The molecule has 1 aliphatic carbocycles. The molecule has 3 rings (SSSR count). The summed E-state index contributed by atoms with van der Waals surface area (Å²) in [5.41, 5.74) is 3.17. The molecule has 1 heterocycles. The van der Waals surface area contributed by atoms with Crippen molar-refractivity contribution in [2.24, 2.45) is 0 Å². The van der Waals surface area contributed by atoms with Crippen molar-refractivity contribution in [2.75, 3.05) is 13.1 Å². The van der Waals surface area contributed by atoms with E-state index in [1.165, 1.54) is 51.6 Å². The van der Waals surface area contributed by atoms with Crippen molar-refractivity contribution in [3.05, 3.63) is 35.4 Å². The van der Waals surface area contributed by atoms with Crippen molar-refractivity contribution in [3.8, 4) is 0 Å². The predicted octanol–water partition coefficient (Wildman–Crippen LogP) is 3.81. The third kappa shape index (κ3) is 2.55. The Hall–Kier alpha value is -0.820. The van der Waals surface area contributed by atoms with Crippen molar-refractivity contribution in [1.82, 2.24) is 5.32 Å². The van der Waals surface area contributed by atoms with E-state index in [0.717, 1.165) is 11.8 Å². The number of rotatable bonds is 2. The van der Waals surface area contributed by atoms with E-state index in [4.69, 9.17) is 0 Å². The molecule has 17 heavy (non-hydrogen) atoms. The zero-order valence-corrected chi connectivity index (χ0v) is 10.6. The van der Waals surface area contributed by atoms with Gasteiger partial charge in [-0.2, -0.15) is 0 Å². The fourth-order valence-corrected chi connectivity index (χ4v) is 3.44. The second-order valence-electron chi connectivity index (χ2n) is 5.69. The molecule has 1 atom stereocenters. The van der Waals surface area contributed by atoms with Gasteiger partial charge >= 0.3 is 0 Å². The van der Waals surface area contributed by atoms with Crippen LogP contribution in [0.25, 0.3) is 0 Å². The first-order valence-corrected chi connectivity index (χ1v) is 7.24. The normalized spacial score (nSPS) is 26.2. The molecule has 2 fully saturated rings. The van der Waals surface area contributed by atoms with Crippen LogP contribution in [0.3, 0.4) is 0 Å². The molecule has 1 unspecified atom stereocenters. The molecule has 1 saturated carbocycles. The van der Waals surface area contributed by atoms with Gasteiger partial charge in [-0.25, -0.2) is 0 Å². The molecule has 0 amide bonds. The maximum atomic E-state index is 3.47. The molecule has 0 radical (unpaired) electrons. The van der Waals surface area contributed by atoms with Gasteiger partial charge in [0.1, 0.15) is 0 Å². The molecule has 0 aromatic heterocycles. The molecule has 0 bridgehead atoms. The minimum Gasteiger partial charge on any atom is -0.316 e. The van der Waals surface area contributed by atoms with Gasteiger partial charge in [0.2, 0.25) is 0 Å². The molecule has 1 heteroatoms. The molecule has 1 aromatic carbocycles. The molecule has 92 valence electrons. The first-order chi connectivity index (χ1) is 8.43. The van der Waals surface area contributed by atoms with E-state index in [1.807, 2.05) is 0 Å². The van der Waals surface area contributed by atoms with E-state index in [1.54, 1.807) is 11.1 Å². The third-order valence-electron chi connectivity index (χ3n) is 4.52. The lowest BCUT2D eigenvalue weighted by Crippen LogP contribution is -2.09. The smallest absolute Gasteiger partial charge is 0.00206 e. The van der Waals surface area contributed by atoms with E-state index < -0.39 is 0 Å². The minimum atomic E-state index is 0.763. The van der Waals surface area contributed by atoms with Gasteiger partial charge in [0.05, 0.1) is 0 Å². The Morgan fingerprint density at radius 3 is 2.35 bits per heavy atom. The fourth-order valence-electron chi connectivity index (χ4n) is 3.44. The minimum absolute atomic E-state index is 0.763. The lowest BCUT2D eigenvalue weighted by molar-refractivity contribution is 0.443. The first kappa shape index (κ1) is 11.3. The van der Waals surface area contributed by atoms with Crippen LogP contribution in [0.15, 0.2) is 24.3 Å². The lowest BCUT2D eigenvalue weighted by Gasteiger charge is -2.23. The lowest BCUT2D eigenvalue weighted by atomic mass is 9.82. The number of nitrogens with one attached hydrogen (secondary N) is 1. The Bertz CT molecular complexity index is 360. The van der Waals surface area contributed by atoms with Gasteiger partial charge in [-0.05, 0) is 48.8 Å². The van der Waals surface area contributed by atoms with Gasteiger partial charge in [-0.15, -0.1) is 0 Å². The van der Waals surface area contributed by atoms with Crippen molar-refractivity contribution in [1.29, 1.82) is 0 Å². The number of hydrogen-bond donors (Lipinski definition) is 1. The van der Waals surface area contributed by atoms with E-state index in [-0.39, 0.29) is 0 Å². The van der Waals surface area contributed by atoms with Crippen molar-refractivity contribution in [3.63, 3.8) is 0 Å². The Kier molecular flexibility index (Phi) is 3.46. The Morgan fingerprint density at radius 2 is 1.65 bits per heavy atom. The van der Waals surface area contributed by atoms with E-state index in [2.05, 4.69) is 29.6 Å². The van der Waals surface area contributed by atoms with Crippen LogP contribution >= 0.6 is 0 Å².